The van der Waals surface area contributed by atoms with E-state index in [1.165, 1.54) is 6.42 Å². The van der Waals surface area contributed by atoms with E-state index in [2.05, 4.69) is 6.92 Å². The minimum absolute atomic E-state index is 0.0330. The van der Waals surface area contributed by atoms with Crippen molar-refractivity contribution in [3.05, 3.63) is 0 Å². The number of quaternary nitrogens is 1. The molecule has 0 radical (unpaired) electrons. The van der Waals surface area contributed by atoms with Crippen molar-refractivity contribution >= 4 is 19.8 Å². The summed E-state index contributed by atoms with van der Waals surface area (Å²) in [5, 5.41) is 0. The minimum atomic E-state index is -4.31. The third-order valence-corrected chi connectivity index (χ3v) is 5.34. The van der Waals surface area contributed by atoms with Crippen molar-refractivity contribution in [1.82, 2.24) is 0 Å². The summed E-state index contributed by atoms with van der Waals surface area (Å²) in [6, 6.07) is 0. The van der Waals surface area contributed by atoms with Gasteiger partial charge in [0.2, 0.25) is 0 Å². The molecular weight excluding hydrogens is 425 g/mol. The largest absolute Gasteiger partial charge is 0.472 e. The van der Waals surface area contributed by atoms with Crippen LogP contribution in [0, 0.1) is 0 Å². The van der Waals surface area contributed by atoms with Gasteiger partial charge in [0.15, 0.2) is 6.10 Å². The molecular formula is C21H43NO8P+. The second-order valence-corrected chi connectivity index (χ2v) is 10.1. The number of phosphoric ester groups is 1. The number of unbranched alkanes of at least 4 members (excludes halogenated alkanes) is 5. The normalized spacial score (nSPS) is 14.6. The molecule has 0 aliphatic heterocycles. The molecule has 0 heterocycles. The van der Waals surface area contributed by atoms with E-state index < -0.39 is 32.5 Å². The molecule has 10 heteroatoms. The van der Waals surface area contributed by atoms with E-state index in [0.29, 0.717) is 23.9 Å². The Balaban J connectivity index is 4.55. The molecule has 2 atom stereocenters. The summed E-state index contributed by atoms with van der Waals surface area (Å²) in [5.74, 6) is -0.875. The van der Waals surface area contributed by atoms with Crippen molar-refractivity contribution in [1.29, 1.82) is 0 Å². The third-order valence-electron chi connectivity index (χ3n) is 4.36. The Morgan fingerprint density at radius 2 is 1.52 bits per heavy atom. The zero-order valence-electron chi connectivity index (χ0n) is 20.0. The highest BCUT2D eigenvalue weighted by Crippen LogP contribution is 2.43. The van der Waals surface area contributed by atoms with E-state index in [0.717, 1.165) is 25.7 Å². The van der Waals surface area contributed by atoms with Gasteiger partial charge in [0.1, 0.15) is 19.8 Å². The summed E-state index contributed by atoms with van der Waals surface area (Å²) >= 11 is 0. The summed E-state index contributed by atoms with van der Waals surface area (Å²) in [6.45, 7) is 3.90. The molecule has 0 amide bonds. The van der Waals surface area contributed by atoms with Crippen molar-refractivity contribution < 1.29 is 42.1 Å². The van der Waals surface area contributed by atoms with Crippen LogP contribution in [0.3, 0.4) is 0 Å². The fraction of sp³-hybridized carbons (Fsp3) is 0.905. The number of likely N-dealkylation sites (N-methyl/N-ethyl adjacent to an activating group) is 1. The SMILES string of the molecule is CCCCCCCCC(=O)OC(COC(=O)CCC)COP(=O)(O)OCC[N+](C)(C)C. The molecule has 2 unspecified atom stereocenters. The lowest BCUT2D eigenvalue weighted by Gasteiger charge is -2.24. The fourth-order valence-corrected chi connectivity index (χ4v) is 3.26. The van der Waals surface area contributed by atoms with Gasteiger partial charge in [-0.05, 0) is 12.8 Å². The Morgan fingerprint density at radius 1 is 0.871 bits per heavy atom. The van der Waals surface area contributed by atoms with E-state index in [-0.39, 0.29) is 26.1 Å². The molecule has 0 aromatic carbocycles. The van der Waals surface area contributed by atoms with Gasteiger partial charge in [0.05, 0.1) is 27.7 Å². The maximum Gasteiger partial charge on any atom is 0.472 e. The molecule has 1 N–H and O–H groups in total. The first-order valence-electron chi connectivity index (χ1n) is 11.3. The summed E-state index contributed by atoms with van der Waals surface area (Å²) in [4.78, 5) is 33.6. The first-order valence-corrected chi connectivity index (χ1v) is 12.8. The number of ether oxygens (including phenoxy) is 2. The molecule has 0 spiro atoms. The van der Waals surface area contributed by atoms with Crippen LogP contribution in [0.4, 0.5) is 0 Å². The van der Waals surface area contributed by atoms with Crippen LogP contribution in [0.25, 0.3) is 0 Å². The van der Waals surface area contributed by atoms with E-state index in [1.54, 1.807) is 0 Å². The number of nitrogens with zero attached hydrogens (tertiary/aromatic N) is 1. The number of rotatable bonds is 19. The molecule has 9 nitrogen and oxygen atoms in total. The Bertz CT molecular complexity index is 550. The van der Waals surface area contributed by atoms with Gasteiger partial charge in [-0.1, -0.05) is 46.0 Å². The number of phosphoric acid groups is 1. The van der Waals surface area contributed by atoms with Crippen molar-refractivity contribution in [2.75, 3.05) is 47.5 Å². The molecule has 0 aromatic rings. The molecule has 0 aliphatic carbocycles. The first-order chi connectivity index (χ1) is 14.5. The van der Waals surface area contributed by atoms with Crippen LogP contribution in [-0.4, -0.2) is 74.9 Å². The molecule has 0 aromatic heterocycles. The Hall–Kier alpha value is -0.990. The van der Waals surface area contributed by atoms with Crippen LogP contribution in [0.2, 0.25) is 0 Å². The number of esters is 2. The van der Waals surface area contributed by atoms with Crippen LogP contribution in [0.1, 0.15) is 71.6 Å². The Labute approximate surface area is 187 Å². The van der Waals surface area contributed by atoms with Crippen molar-refractivity contribution in [3.8, 4) is 0 Å². The maximum absolute atomic E-state index is 12.1. The molecule has 0 rings (SSSR count). The van der Waals surface area contributed by atoms with Gasteiger partial charge in [0, 0.05) is 12.8 Å². The summed E-state index contributed by atoms with van der Waals surface area (Å²) in [6.07, 6.45) is 6.34. The van der Waals surface area contributed by atoms with Gasteiger partial charge >= 0.3 is 19.8 Å². The van der Waals surface area contributed by atoms with E-state index in [1.807, 2.05) is 28.1 Å². The van der Waals surface area contributed by atoms with Crippen LogP contribution < -0.4 is 0 Å². The quantitative estimate of drug-likeness (QED) is 0.132. The van der Waals surface area contributed by atoms with Crippen molar-refractivity contribution in [2.24, 2.45) is 0 Å². The van der Waals surface area contributed by atoms with Crippen LogP contribution in [0.15, 0.2) is 0 Å². The molecule has 0 bridgehead atoms. The second kappa shape index (κ2) is 16.6. The predicted octanol–water partition coefficient (Wildman–Crippen LogP) is 3.83. The predicted molar refractivity (Wildman–Crippen MR) is 118 cm³/mol. The van der Waals surface area contributed by atoms with Crippen molar-refractivity contribution in [3.63, 3.8) is 0 Å². The minimum Gasteiger partial charge on any atom is -0.462 e. The molecule has 0 fully saturated rings. The summed E-state index contributed by atoms with van der Waals surface area (Å²) in [5.41, 5.74) is 0. The third kappa shape index (κ3) is 19.4. The highest BCUT2D eigenvalue weighted by Gasteiger charge is 2.26. The molecule has 31 heavy (non-hydrogen) atoms. The summed E-state index contributed by atoms with van der Waals surface area (Å²) < 4.78 is 33.0. The Morgan fingerprint density at radius 3 is 2.13 bits per heavy atom. The van der Waals surface area contributed by atoms with Gasteiger partial charge in [-0.25, -0.2) is 4.57 Å². The molecule has 184 valence electrons. The Kier molecular flexibility index (Phi) is 16.1. The van der Waals surface area contributed by atoms with E-state index in [9.17, 15) is 19.0 Å². The molecule has 0 saturated carbocycles. The van der Waals surface area contributed by atoms with Gasteiger partial charge in [0.25, 0.3) is 0 Å². The summed E-state index contributed by atoms with van der Waals surface area (Å²) in [7, 11) is 1.47. The number of hydrogen-bond donors (Lipinski definition) is 1. The highest BCUT2D eigenvalue weighted by molar-refractivity contribution is 7.47. The van der Waals surface area contributed by atoms with Crippen LogP contribution >= 0.6 is 7.82 Å². The van der Waals surface area contributed by atoms with Crippen LogP contribution in [-0.2, 0) is 32.7 Å². The molecule has 0 aliphatic rings. The smallest absolute Gasteiger partial charge is 0.462 e. The number of hydrogen-bond acceptors (Lipinski definition) is 7. The van der Waals surface area contributed by atoms with Crippen molar-refractivity contribution in [2.45, 2.75) is 77.7 Å². The lowest BCUT2D eigenvalue weighted by Crippen LogP contribution is -2.37. The average Bonchev–Trinajstić information content (AvgIpc) is 2.65. The van der Waals surface area contributed by atoms with Gasteiger partial charge < -0.3 is 18.9 Å². The van der Waals surface area contributed by atoms with Gasteiger partial charge in [-0.2, -0.15) is 0 Å². The maximum atomic E-state index is 12.1. The monoisotopic (exact) mass is 468 g/mol. The van der Waals surface area contributed by atoms with E-state index in [4.69, 9.17) is 18.5 Å². The standard InChI is InChI=1S/C21H42NO8P/c1-6-8-9-10-11-12-14-21(24)30-19(17-27-20(23)13-7-2)18-29-31(25,26)28-16-15-22(3,4)5/h19H,6-18H2,1-5H3/p+1. The second-order valence-electron chi connectivity index (χ2n) is 8.67. The zero-order chi connectivity index (χ0) is 23.8. The zero-order valence-corrected chi connectivity index (χ0v) is 20.9. The fourth-order valence-electron chi connectivity index (χ4n) is 2.52. The lowest BCUT2D eigenvalue weighted by atomic mass is 10.1. The highest BCUT2D eigenvalue weighted by atomic mass is 31.2. The van der Waals surface area contributed by atoms with Gasteiger partial charge in [-0.15, -0.1) is 0 Å². The topological polar surface area (TPSA) is 108 Å². The average molecular weight is 469 g/mol. The lowest BCUT2D eigenvalue weighted by molar-refractivity contribution is -0.870. The van der Waals surface area contributed by atoms with E-state index >= 15 is 0 Å². The van der Waals surface area contributed by atoms with Gasteiger partial charge in [-0.3, -0.25) is 18.6 Å². The number of carbonyl (C=O) groups excluding carboxylic acids is 2. The first kappa shape index (κ1) is 30.0. The molecule has 0 saturated heterocycles. The van der Waals surface area contributed by atoms with Crippen LogP contribution in [0.5, 0.6) is 0 Å². The number of carbonyl (C=O) groups is 2.